The molecule has 0 aliphatic carbocycles. The van der Waals surface area contributed by atoms with Crippen molar-refractivity contribution in [3.63, 3.8) is 0 Å². The van der Waals surface area contributed by atoms with Gasteiger partial charge in [0.2, 0.25) is 0 Å². The fourth-order valence-electron chi connectivity index (χ4n) is 2.07. The van der Waals surface area contributed by atoms with Crippen LogP contribution in [-0.4, -0.2) is 26.4 Å². The predicted octanol–water partition coefficient (Wildman–Crippen LogP) is 2.86. The minimum Gasteiger partial charge on any atom is -0.379 e. The first-order chi connectivity index (χ1) is 11.5. The van der Waals surface area contributed by atoms with Crippen molar-refractivity contribution < 1.29 is 14.1 Å². The third kappa shape index (κ3) is 4.85. The standard InChI is InChI=1S/C15H15N3O5S/c19-17(20)13-6-7-14(15(10-13)18(21)22)16-8-9-24(23)11-12-4-2-1-3-5-12/h1-7,10,16H,8-9,11H2/t24-/m0/s1. The topological polar surface area (TPSA) is 115 Å². The Labute approximate surface area is 140 Å². The molecule has 2 aromatic carbocycles. The third-order valence-corrected chi connectivity index (χ3v) is 4.52. The lowest BCUT2D eigenvalue weighted by atomic mass is 10.2. The zero-order chi connectivity index (χ0) is 17.5. The molecule has 24 heavy (non-hydrogen) atoms. The minimum absolute atomic E-state index is 0.169. The smallest absolute Gasteiger partial charge is 0.299 e. The highest BCUT2D eigenvalue weighted by Gasteiger charge is 2.19. The summed E-state index contributed by atoms with van der Waals surface area (Å²) in [6.45, 7) is 0.262. The lowest BCUT2D eigenvalue weighted by molar-refractivity contribution is -0.393. The van der Waals surface area contributed by atoms with Crippen molar-refractivity contribution in [3.8, 4) is 0 Å². The van der Waals surface area contributed by atoms with Gasteiger partial charge in [-0.2, -0.15) is 0 Å². The highest BCUT2D eigenvalue weighted by atomic mass is 32.2. The number of benzene rings is 2. The van der Waals surface area contributed by atoms with Gasteiger partial charge in [0.1, 0.15) is 5.69 Å². The van der Waals surface area contributed by atoms with Gasteiger partial charge in [0.25, 0.3) is 11.4 Å². The molecule has 0 saturated heterocycles. The average Bonchev–Trinajstić information content (AvgIpc) is 2.55. The Morgan fingerprint density at radius 2 is 1.71 bits per heavy atom. The molecule has 0 fully saturated rings. The van der Waals surface area contributed by atoms with E-state index in [2.05, 4.69) is 5.32 Å². The largest absolute Gasteiger partial charge is 0.379 e. The predicted molar refractivity (Wildman–Crippen MR) is 91.4 cm³/mol. The second-order valence-corrected chi connectivity index (χ2v) is 6.49. The summed E-state index contributed by atoms with van der Waals surface area (Å²) in [5.41, 5.74) is 0.400. The summed E-state index contributed by atoms with van der Waals surface area (Å²) >= 11 is 0. The minimum atomic E-state index is -1.11. The number of anilines is 1. The van der Waals surface area contributed by atoms with Crippen LogP contribution in [0, 0.1) is 20.2 Å². The zero-order valence-electron chi connectivity index (χ0n) is 12.6. The first-order valence-corrected chi connectivity index (χ1v) is 8.52. The summed E-state index contributed by atoms with van der Waals surface area (Å²) in [5.74, 6) is 0.716. The number of nitrogens with zero attached hydrogens (tertiary/aromatic N) is 2. The molecule has 0 spiro atoms. The van der Waals surface area contributed by atoms with Crippen molar-refractivity contribution in [1.29, 1.82) is 0 Å². The maximum Gasteiger partial charge on any atom is 0.299 e. The van der Waals surface area contributed by atoms with Crippen LogP contribution in [0.5, 0.6) is 0 Å². The van der Waals surface area contributed by atoms with E-state index in [9.17, 15) is 24.4 Å². The van der Waals surface area contributed by atoms with Gasteiger partial charge in [-0.05, 0) is 11.6 Å². The highest BCUT2D eigenvalue weighted by molar-refractivity contribution is 7.84. The lowest BCUT2D eigenvalue weighted by Crippen LogP contribution is -2.13. The lowest BCUT2D eigenvalue weighted by Gasteiger charge is -2.07. The van der Waals surface area contributed by atoms with Crippen molar-refractivity contribution in [1.82, 2.24) is 0 Å². The molecule has 0 bridgehead atoms. The first kappa shape index (κ1) is 17.5. The molecule has 0 amide bonds. The van der Waals surface area contributed by atoms with Crippen LogP contribution in [0.1, 0.15) is 5.56 Å². The van der Waals surface area contributed by atoms with E-state index < -0.39 is 20.6 Å². The fraction of sp³-hybridized carbons (Fsp3) is 0.200. The van der Waals surface area contributed by atoms with Crippen LogP contribution in [0.3, 0.4) is 0 Å². The molecule has 0 aliphatic rings. The Balaban J connectivity index is 1.95. The van der Waals surface area contributed by atoms with E-state index in [1.54, 1.807) is 0 Å². The van der Waals surface area contributed by atoms with Gasteiger partial charge in [0.15, 0.2) is 0 Å². The molecule has 1 N–H and O–H groups in total. The van der Waals surface area contributed by atoms with Crippen LogP contribution in [0.15, 0.2) is 48.5 Å². The molecule has 1 atom stereocenters. The molecule has 2 aromatic rings. The molecule has 0 unspecified atom stereocenters. The molecular formula is C15H15N3O5S. The van der Waals surface area contributed by atoms with Gasteiger partial charge in [-0.3, -0.25) is 24.4 Å². The van der Waals surface area contributed by atoms with Gasteiger partial charge in [-0.15, -0.1) is 0 Å². The summed E-state index contributed by atoms with van der Waals surface area (Å²) in [6, 6.07) is 12.8. The molecule has 0 heterocycles. The van der Waals surface area contributed by atoms with Gasteiger partial charge < -0.3 is 5.32 Å². The number of rotatable bonds is 8. The summed E-state index contributed by atoms with van der Waals surface area (Å²) in [7, 11) is -1.11. The van der Waals surface area contributed by atoms with Crippen LogP contribution < -0.4 is 5.32 Å². The SMILES string of the molecule is O=[N+]([O-])c1ccc(NCC[S@](=O)Cc2ccccc2)c([N+](=O)[O-])c1. The van der Waals surface area contributed by atoms with Gasteiger partial charge >= 0.3 is 0 Å². The fourth-order valence-corrected chi connectivity index (χ4v) is 3.10. The average molecular weight is 349 g/mol. The van der Waals surface area contributed by atoms with E-state index in [0.29, 0.717) is 11.5 Å². The van der Waals surface area contributed by atoms with Crippen molar-refractivity contribution in [2.24, 2.45) is 0 Å². The Morgan fingerprint density at radius 3 is 2.33 bits per heavy atom. The second-order valence-electron chi connectivity index (χ2n) is 4.92. The Morgan fingerprint density at radius 1 is 1.00 bits per heavy atom. The third-order valence-electron chi connectivity index (χ3n) is 3.20. The first-order valence-electron chi connectivity index (χ1n) is 7.03. The van der Waals surface area contributed by atoms with E-state index in [-0.39, 0.29) is 23.6 Å². The quantitative estimate of drug-likeness (QED) is 0.579. The van der Waals surface area contributed by atoms with E-state index in [1.807, 2.05) is 30.3 Å². The monoisotopic (exact) mass is 349 g/mol. The van der Waals surface area contributed by atoms with Crippen LogP contribution >= 0.6 is 0 Å². The van der Waals surface area contributed by atoms with Crippen molar-refractivity contribution in [2.45, 2.75) is 5.75 Å². The normalized spacial score (nSPS) is 11.7. The summed E-state index contributed by atoms with van der Waals surface area (Å²) < 4.78 is 12.0. The second kappa shape index (κ2) is 8.16. The molecule has 0 saturated carbocycles. The maximum atomic E-state index is 12.0. The number of non-ortho nitro benzene ring substituents is 1. The van der Waals surface area contributed by atoms with Crippen molar-refractivity contribution in [3.05, 3.63) is 74.3 Å². The van der Waals surface area contributed by atoms with Crippen LogP contribution in [0.25, 0.3) is 0 Å². The highest BCUT2D eigenvalue weighted by Crippen LogP contribution is 2.28. The molecule has 8 nitrogen and oxygen atoms in total. The van der Waals surface area contributed by atoms with E-state index in [1.165, 1.54) is 12.1 Å². The number of nitrogens with one attached hydrogen (secondary N) is 1. The Bertz CT molecular complexity index is 767. The van der Waals surface area contributed by atoms with E-state index >= 15 is 0 Å². The number of nitro benzene ring substituents is 2. The van der Waals surface area contributed by atoms with E-state index in [0.717, 1.165) is 11.6 Å². The van der Waals surface area contributed by atoms with Gasteiger partial charge in [0, 0.05) is 34.9 Å². The van der Waals surface area contributed by atoms with Crippen molar-refractivity contribution in [2.75, 3.05) is 17.6 Å². The van der Waals surface area contributed by atoms with Gasteiger partial charge in [-0.1, -0.05) is 30.3 Å². The van der Waals surface area contributed by atoms with Gasteiger partial charge in [-0.25, -0.2) is 0 Å². The van der Waals surface area contributed by atoms with Crippen LogP contribution in [-0.2, 0) is 16.6 Å². The Kier molecular flexibility index (Phi) is 5.96. The van der Waals surface area contributed by atoms with E-state index in [4.69, 9.17) is 0 Å². The number of nitro groups is 2. The maximum absolute atomic E-state index is 12.0. The molecule has 0 aliphatic heterocycles. The molecule has 2 rings (SSSR count). The molecule has 0 aromatic heterocycles. The van der Waals surface area contributed by atoms with Gasteiger partial charge in [0.05, 0.1) is 15.9 Å². The summed E-state index contributed by atoms with van der Waals surface area (Å²) in [4.78, 5) is 20.3. The summed E-state index contributed by atoms with van der Waals surface area (Å²) in [5, 5.41) is 24.5. The molecular weight excluding hydrogens is 334 g/mol. The van der Waals surface area contributed by atoms with Crippen LogP contribution in [0.2, 0.25) is 0 Å². The van der Waals surface area contributed by atoms with Crippen LogP contribution in [0.4, 0.5) is 17.1 Å². The van der Waals surface area contributed by atoms with Crippen molar-refractivity contribution >= 4 is 27.9 Å². The molecule has 0 radical (unpaired) electrons. The Hall–Kier alpha value is -2.81. The number of hydrogen-bond acceptors (Lipinski definition) is 6. The molecule has 126 valence electrons. The zero-order valence-corrected chi connectivity index (χ0v) is 13.4. The summed E-state index contributed by atoms with van der Waals surface area (Å²) in [6.07, 6.45) is 0. The molecule has 9 heteroatoms. The number of hydrogen-bond donors (Lipinski definition) is 1.